The molecular weight excluding hydrogens is 314 g/mol. The van der Waals surface area contributed by atoms with Crippen LogP contribution in [0.5, 0.6) is 0 Å². The Bertz CT molecular complexity index is 862. The lowest BCUT2D eigenvalue weighted by atomic mass is 10.0. The third kappa shape index (κ3) is 3.14. The Kier molecular flexibility index (Phi) is 3.95. The second kappa shape index (κ2) is 6.06. The maximum Gasteiger partial charge on any atom is 0.354 e. The lowest BCUT2D eigenvalue weighted by Gasteiger charge is -2.08. The first-order valence-corrected chi connectivity index (χ1v) is 7.13. The molecule has 0 atom stereocenters. The molecule has 0 radical (unpaired) electrons. The molecule has 114 valence electrons. The van der Waals surface area contributed by atoms with E-state index in [1.54, 1.807) is 24.4 Å². The Morgan fingerprint density at radius 2 is 1.61 bits per heavy atom. The van der Waals surface area contributed by atoms with Crippen molar-refractivity contribution in [3.8, 4) is 22.3 Å². The molecule has 0 aliphatic heterocycles. The number of nitrogens with two attached hydrogens (primary N) is 1. The second-order valence-corrected chi connectivity index (χ2v) is 5.34. The molecule has 3 rings (SSSR count). The van der Waals surface area contributed by atoms with Gasteiger partial charge < -0.3 is 10.8 Å². The first-order valence-electron chi connectivity index (χ1n) is 6.76. The van der Waals surface area contributed by atoms with Gasteiger partial charge in [0.25, 0.3) is 0 Å². The summed E-state index contributed by atoms with van der Waals surface area (Å²) < 4.78 is 0. The van der Waals surface area contributed by atoms with Crippen molar-refractivity contribution in [2.45, 2.75) is 0 Å². The topological polar surface area (TPSA) is 89.1 Å². The first kappa shape index (κ1) is 15.0. The van der Waals surface area contributed by atoms with Crippen LogP contribution in [-0.4, -0.2) is 21.0 Å². The Morgan fingerprint density at radius 1 is 0.957 bits per heavy atom. The average molecular weight is 326 g/mol. The number of pyridine rings is 2. The predicted octanol–water partition coefficient (Wildman–Crippen LogP) is 3.74. The normalized spacial score (nSPS) is 10.5. The number of anilines is 1. The number of carboxylic acid groups (broad SMARTS) is 1. The quantitative estimate of drug-likeness (QED) is 0.765. The highest BCUT2D eigenvalue weighted by Crippen LogP contribution is 2.30. The number of halogens is 1. The number of carbonyl (C=O) groups is 1. The van der Waals surface area contributed by atoms with Gasteiger partial charge in [0.2, 0.25) is 0 Å². The van der Waals surface area contributed by atoms with E-state index >= 15 is 0 Å². The molecule has 0 bridgehead atoms. The minimum atomic E-state index is -1.06. The summed E-state index contributed by atoms with van der Waals surface area (Å²) in [5.41, 5.74) is 9.20. The molecule has 0 amide bonds. The summed E-state index contributed by atoms with van der Waals surface area (Å²) in [7, 11) is 0. The Hall–Kier alpha value is -2.92. The van der Waals surface area contributed by atoms with Gasteiger partial charge in [0.1, 0.15) is 11.5 Å². The molecule has 2 aromatic heterocycles. The van der Waals surface area contributed by atoms with Crippen molar-refractivity contribution >= 4 is 23.4 Å². The lowest BCUT2D eigenvalue weighted by molar-refractivity contribution is 0.0690. The molecule has 5 nitrogen and oxygen atoms in total. The van der Waals surface area contributed by atoms with Crippen molar-refractivity contribution in [1.82, 2.24) is 9.97 Å². The van der Waals surface area contributed by atoms with Crippen molar-refractivity contribution in [1.29, 1.82) is 0 Å². The van der Waals surface area contributed by atoms with Gasteiger partial charge in [-0.2, -0.15) is 0 Å². The number of hydrogen-bond acceptors (Lipinski definition) is 4. The van der Waals surface area contributed by atoms with Gasteiger partial charge in [0.15, 0.2) is 0 Å². The minimum absolute atomic E-state index is 0.00456. The molecule has 0 aliphatic carbocycles. The molecule has 0 saturated heterocycles. The van der Waals surface area contributed by atoms with E-state index in [2.05, 4.69) is 9.97 Å². The highest BCUT2D eigenvalue weighted by Gasteiger charge is 2.09. The highest BCUT2D eigenvalue weighted by molar-refractivity contribution is 6.30. The molecule has 0 aliphatic rings. The fourth-order valence-corrected chi connectivity index (χ4v) is 2.31. The van der Waals surface area contributed by atoms with E-state index in [1.807, 2.05) is 18.2 Å². The molecular formula is C17H12ClN3O2. The van der Waals surface area contributed by atoms with Gasteiger partial charge in [-0.1, -0.05) is 29.8 Å². The molecule has 3 aromatic rings. The van der Waals surface area contributed by atoms with Gasteiger partial charge in [0, 0.05) is 34.1 Å². The van der Waals surface area contributed by atoms with E-state index in [1.165, 1.54) is 12.3 Å². The number of aromatic carboxylic acids is 1. The zero-order valence-electron chi connectivity index (χ0n) is 11.9. The summed E-state index contributed by atoms with van der Waals surface area (Å²) >= 11 is 5.90. The standard InChI is InChI=1S/C17H12ClN3O2/c18-13-4-1-10(2-5-13)14-7-12(9-21-16(14)19)11-3-6-15(17(22)23)20-8-11/h1-9H,(H2,19,21)(H,22,23). The number of nitrogens with zero attached hydrogens (tertiary/aromatic N) is 2. The molecule has 3 N–H and O–H groups in total. The summed E-state index contributed by atoms with van der Waals surface area (Å²) in [5, 5.41) is 9.54. The van der Waals surface area contributed by atoms with Gasteiger partial charge >= 0.3 is 5.97 Å². The summed E-state index contributed by atoms with van der Waals surface area (Å²) in [4.78, 5) is 19.0. The van der Waals surface area contributed by atoms with E-state index in [0.717, 1.165) is 22.3 Å². The molecule has 2 heterocycles. The fraction of sp³-hybridized carbons (Fsp3) is 0. The summed E-state index contributed by atoms with van der Waals surface area (Å²) in [6.07, 6.45) is 3.13. The molecule has 0 unspecified atom stereocenters. The Balaban J connectivity index is 2.03. The zero-order chi connectivity index (χ0) is 16.4. The smallest absolute Gasteiger partial charge is 0.354 e. The Morgan fingerprint density at radius 3 is 2.22 bits per heavy atom. The van der Waals surface area contributed by atoms with Crippen molar-refractivity contribution < 1.29 is 9.90 Å². The SMILES string of the molecule is Nc1ncc(-c2ccc(C(=O)O)nc2)cc1-c1ccc(Cl)cc1. The van der Waals surface area contributed by atoms with Crippen LogP contribution in [0.3, 0.4) is 0 Å². The van der Waals surface area contributed by atoms with Gasteiger partial charge in [-0.25, -0.2) is 14.8 Å². The van der Waals surface area contributed by atoms with Crippen molar-refractivity contribution in [3.63, 3.8) is 0 Å². The second-order valence-electron chi connectivity index (χ2n) is 4.90. The number of hydrogen-bond donors (Lipinski definition) is 2. The van der Waals surface area contributed by atoms with Crippen LogP contribution in [0.25, 0.3) is 22.3 Å². The van der Waals surface area contributed by atoms with E-state index in [0.29, 0.717) is 10.8 Å². The van der Waals surface area contributed by atoms with Crippen molar-refractivity contribution in [2.24, 2.45) is 0 Å². The highest BCUT2D eigenvalue weighted by atomic mass is 35.5. The van der Waals surface area contributed by atoms with Gasteiger partial charge in [-0.3, -0.25) is 0 Å². The van der Waals surface area contributed by atoms with Crippen LogP contribution in [0.1, 0.15) is 10.5 Å². The number of carboxylic acids is 1. The van der Waals surface area contributed by atoms with Crippen LogP contribution in [0.2, 0.25) is 5.02 Å². The zero-order valence-corrected chi connectivity index (χ0v) is 12.7. The minimum Gasteiger partial charge on any atom is -0.477 e. The fourth-order valence-electron chi connectivity index (χ4n) is 2.19. The summed E-state index contributed by atoms with van der Waals surface area (Å²) in [6, 6.07) is 12.3. The van der Waals surface area contributed by atoms with E-state index in [-0.39, 0.29) is 5.69 Å². The number of aromatic nitrogens is 2. The molecule has 23 heavy (non-hydrogen) atoms. The molecule has 1 aromatic carbocycles. The Labute approximate surface area is 137 Å². The summed E-state index contributed by atoms with van der Waals surface area (Å²) in [6.45, 7) is 0. The number of nitrogen functional groups attached to an aromatic ring is 1. The summed E-state index contributed by atoms with van der Waals surface area (Å²) in [5.74, 6) is -0.653. The van der Waals surface area contributed by atoms with Gasteiger partial charge in [-0.05, 0) is 29.8 Å². The van der Waals surface area contributed by atoms with E-state index < -0.39 is 5.97 Å². The predicted molar refractivity (Wildman–Crippen MR) is 89.3 cm³/mol. The molecule has 6 heteroatoms. The first-order chi connectivity index (χ1) is 11.0. The third-order valence-corrected chi connectivity index (χ3v) is 3.64. The third-order valence-electron chi connectivity index (χ3n) is 3.39. The van der Waals surface area contributed by atoms with E-state index in [4.69, 9.17) is 22.4 Å². The van der Waals surface area contributed by atoms with Crippen LogP contribution in [0.15, 0.2) is 54.9 Å². The van der Waals surface area contributed by atoms with Gasteiger partial charge in [0.05, 0.1) is 0 Å². The molecule has 0 spiro atoms. The van der Waals surface area contributed by atoms with Crippen LogP contribution in [0.4, 0.5) is 5.82 Å². The van der Waals surface area contributed by atoms with Crippen LogP contribution < -0.4 is 5.73 Å². The maximum absolute atomic E-state index is 10.9. The lowest BCUT2D eigenvalue weighted by Crippen LogP contribution is -1.99. The van der Waals surface area contributed by atoms with Crippen molar-refractivity contribution in [2.75, 3.05) is 5.73 Å². The number of benzene rings is 1. The van der Waals surface area contributed by atoms with Gasteiger partial charge in [-0.15, -0.1) is 0 Å². The largest absolute Gasteiger partial charge is 0.477 e. The van der Waals surface area contributed by atoms with E-state index in [9.17, 15) is 4.79 Å². The van der Waals surface area contributed by atoms with Crippen LogP contribution >= 0.6 is 11.6 Å². The van der Waals surface area contributed by atoms with Crippen LogP contribution in [0, 0.1) is 0 Å². The average Bonchev–Trinajstić information content (AvgIpc) is 2.56. The number of rotatable bonds is 3. The maximum atomic E-state index is 10.9. The van der Waals surface area contributed by atoms with Crippen LogP contribution in [-0.2, 0) is 0 Å². The molecule has 0 saturated carbocycles. The monoisotopic (exact) mass is 325 g/mol. The van der Waals surface area contributed by atoms with Crippen molar-refractivity contribution in [3.05, 3.63) is 65.6 Å². The molecule has 0 fully saturated rings.